The number of carbonyl (C=O) groups is 1. The summed E-state index contributed by atoms with van der Waals surface area (Å²) >= 11 is 11.8. The highest BCUT2D eigenvalue weighted by Gasteiger charge is 2.26. The van der Waals surface area contributed by atoms with Crippen LogP contribution < -0.4 is 15.4 Å². The highest BCUT2D eigenvalue weighted by Crippen LogP contribution is 2.44. The number of anilines is 2. The average Bonchev–Trinajstić information content (AvgIpc) is 2.21. The Morgan fingerprint density at radius 3 is 2.80 bits per heavy atom. The summed E-state index contributed by atoms with van der Waals surface area (Å²) < 4.78 is 5.21. The van der Waals surface area contributed by atoms with Gasteiger partial charge >= 0.3 is 0 Å². The topological polar surface area (TPSA) is 55.6 Å². The molecule has 1 heterocycles. The van der Waals surface area contributed by atoms with Crippen molar-refractivity contribution < 1.29 is 9.53 Å². The molecule has 15 heavy (non-hydrogen) atoms. The highest BCUT2D eigenvalue weighted by atomic mass is 35.5. The Morgan fingerprint density at radius 2 is 2.13 bits per heavy atom. The molecule has 0 aromatic heterocycles. The molecule has 0 aliphatic carbocycles. The van der Waals surface area contributed by atoms with Gasteiger partial charge in [-0.25, -0.2) is 0 Å². The number of rotatable bonds is 0. The van der Waals surface area contributed by atoms with Gasteiger partial charge in [-0.2, -0.15) is 0 Å². The van der Waals surface area contributed by atoms with E-state index in [0.29, 0.717) is 17.1 Å². The van der Waals surface area contributed by atoms with Gasteiger partial charge in [0.05, 0.1) is 16.4 Å². The molecule has 80 valence electrons. The number of nitrogen functional groups attached to an aromatic ring is 1. The maximum absolute atomic E-state index is 11.3. The number of benzene rings is 1. The molecule has 4 nitrogen and oxygen atoms in total. The van der Waals surface area contributed by atoms with Gasteiger partial charge in [-0.3, -0.25) is 4.79 Å². The Hall–Kier alpha value is -1.13. The van der Waals surface area contributed by atoms with Gasteiger partial charge in [0.25, 0.3) is 5.91 Å². The first-order chi connectivity index (χ1) is 7.02. The molecule has 1 amide bonds. The van der Waals surface area contributed by atoms with E-state index >= 15 is 0 Å². The van der Waals surface area contributed by atoms with Crippen molar-refractivity contribution in [3.8, 4) is 5.75 Å². The molecule has 0 bridgehead atoms. The molecule has 0 saturated heterocycles. The molecule has 1 aromatic carbocycles. The number of nitrogens with zero attached hydrogens (tertiary/aromatic N) is 1. The van der Waals surface area contributed by atoms with Crippen molar-refractivity contribution >= 4 is 40.5 Å². The van der Waals surface area contributed by atoms with Crippen molar-refractivity contribution in [3.05, 3.63) is 16.1 Å². The summed E-state index contributed by atoms with van der Waals surface area (Å²) in [5.74, 6) is 0.248. The van der Waals surface area contributed by atoms with Gasteiger partial charge in [0.2, 0.25) is 0 Å². The number of nitrogens with two attached hydrogens (primary N) is 1. The van der Waals surface area contributed by atoms with Crippen LogP contribution in [0.4, 0.5) is 11.4 Å². The van der Waals surface area contributed by atoms with Crippen molar-refractivity contribution in [3.63, 3.8) is 0 Å². The third-order valence-electron chi connectivity index (χ3n) is 2.25. The molecule has 0 spiro atoms. The fourth-order valence-electron chi connectivity index (χ4n) is 1.37. The summed E-state index contributed by atoms with van der Waals surface area (Å²) in [5.41, 5.74) is 6.51. The van der Waals surface area contributed by atoms with Crippen LogP contribution in [0.5, 0.6) is 5.75 Å². The van der Waals surface area contributed by atoms with Gasteiger partial charge in [0, 0.05) is 7.05 Å². The molecule has 2 rings (SSSR count). The number of ether oxygens (including phenoxy) is 1. The Kier molecular flexibility index (Phi) is 2.40. The largest absolute Gasteiger partial charge is 0.480 e. The molecule has 1 aliphatic heterocycles. The van der Waals surface area contributed by atoms with Crippen molar-refractivity contribution in [1.82, 2.24) is 0 Å². The lowest BCUT2D eigenvalue weighted by atomic mass is 10.2. The van der Waals surface area contributed by atoms with E-state index in [0.717, 1.165) is 0 Å². The number of hydrogen-bond acceptors (Lipinski definition) is 3. The fourth-order valence-corrected chi connectivity index (χ4v) is 1.77. The summed E-state index contributed by atoms with van der Waals surface area (Å²) in [6.45, 7) is -0.0382. The zero-order chi connectivity index (χ0) is 11.2. The van der Waals surface area contributed by atoms with Crippen LogP contribution in [-0.4, -0.2) is 19.6 Å². The highest BCUT2D eigenvalue weighted by molar-refractivity contribution is 6.45. The number of likely N-dealkylation sites (N-methyl/N-ethyl adjacent to an activating group) is 1. The normalized spacial score (nSPS) is 14.9. The summed E-state index contributed by atoms with van der Waals surface area (Å²) in [6, 6.07) is 1.57. The Morgan fingerprint density at radius 1 is 1.47 bits per heavy atom. The SMILES string of the molecule is CN1C(=O)COc2c1cc(N)c(Cl)c2Cl. The van der Waals surface area contributed by atoms with Crippen molar-refractivity contribution in [1.29, 1.82) is 0 Å². The second kappa shape index (κ2) is 3.47. The number of halogens is 2. The van der Waals surface area contributed by atoms with Crippen LogP contribution in [0, 0.1) is 0 Å². The number of fused-ring (bicyclic) bond motifs is 1. The second-order valence-electron chi connectivity index (χ2n) is 3.18. The summed E-state index contributed by atoms with van der Waals surface area (Å²) in [5, 5.41) is 0.490. The van der Waals surface area contributed by atoms with Crippen LogP contribution in [0.15, 0.2) is 6.07 Å². The van der Waals surface area contributed by atoms with Crippen LogP contribution >= 0.6 is 23.2 Å². The lowest BCUT2D eigenvalue weighted by molar-refractivity contribution is -0.120. The van der Waals surface area contributed by atoms with Crippen LogP contribution in [-0.2, 0) is 4.79 Å². The van der Waals surface area contributed by atoms with Crippen LogP contribution in [0.25, 0.3) is 0 Å². The first kappa shape index (κ1) is 10.4. The number of amides is 1. The monoisotopic (exact) mass is 246 g/mol. The van der Waals surface area contributed by atoms with E-state index in [9.17, 15) is 4.79 Å². The number of carbonyl (C=O) groups excluding carboxylic acids is 1. The third-order valence-corrected chi connectivity index (χ3v) is 3.11. The number of hydrogen-bond donors (Lipinski definition) is 1. The molecular formula is C9H8Cl2N2O2. The lowest BCUT2D eigenvalue weighted by Gasteiger charge is -2.27. The molecule has 1 aliphatic rings. The van der Waals surface area contributed by atoms with Gasteiger partial charge in [0.15, 0.2) is 12.4 Å². The minimum atomic E-state index is -0.153. The molecule has 0 saturated carbocycles. The smallest absolute Gasteiger partial charge is 0.264 e. The second-order valence-corrected chi connectivity index (χ2v) is 3.94. The molecule has 1 aromatic rings. The molecule has 0 unspecified atom stereocenters. The zero-order valence-electron chi connectivity index (χ0n) is 7.88. The zero-order valence-corrected chi connectivity index (χ0v) is 9.39. The maximum Gasteiger partial charge on any atom is 0.264 e. The predicted octanol–water partition coefficient (Wildman–Crippen LogP) is 1.93. The van der Waals surface area contributed by atoms with Crippen molar-refractivity contribution in [2.75, 3.05) is 24.3 Å². The minimum absolute atomic E-state index is 0.0382. The van der Waals surface area contributed by atoms with E-state index in [2.05, 4.69) is 0 Å². The Bertz CT molecular complexity index is 448. The first-order valence-electron chi connectivity index (χ1n) is 4.19. The molecule has 0 fully saturated rings. The lowest BCUT2D eigenvalue weighted by Crippen LogP contribution is -2.35. The summed E-state index contributed by atoms with van der Waals surface area (Å²) in [4.78, 5) is 12.8. The van der Waals surface area contributed by atoms with E-state index < -0.39 is 0 Å². The van der Waals surface area contributed by atoms with Crippen molar-refractivity contribution in [2.45, 2.75) is 0 Å². The summed E-state index contributed by atoms with van der Waals surface area (Å²) in [6.07, 6.45) is 0. The van der Waals surface area contributed by atoms with Gasteiger partial charge in [-0.1, -0.05) is 23.2 Å². The molecule has 6 heteroatoms. The molecule has 2 N–H and O–H groups in total. The average molecular weight is 247 g/mol. The Balaban J connectivity index is 2.66. The van der Waals surface area contributed by atoms with Crippen LogP contribution in [0.3, 0.4) is 0 Å². The van der Waals surface area contributed by atoms with Crippen LogP contribution in [0.2, 0.25) is 10.0 Å². The van der Waals surface area contributed by atoms with Gasteiger partial charge < -0.3 is 15.4 Å². The standard InChI is InChI=1S/C9H8Cl2N2O2/c1-13-5-2-4(12)7(10)8(11)9(5)15-3-6(13)14/h2H,3,12H2,1H3. The minimum Gasteiger partial charge on any atom is -0.480 e. The molecule has 0 atom stereocenters. The first-order valence-corrected chi connectivity index (χ1v) is 4.94. The van der Waals surface area contributed by atoms with E-state index in [4.69, 9.17) is 33.7 Å². The van der Waals surface area contributed by atoms with Crippen LogP contribution in [0.1, 0.15) is 0 Å². The van der Waals surface area contributed by atoms with E-state index in [1.807, 2.05) is 0 Å². The van der Waals surface area contributed by atoms with E-state index in [-0.39, 0.29) is 22.6 Å². The summed E-state index contributed by atoms with van der Waals surface area (Å²) in [7, 11) is 1.63. The molecular weight excluding hydrogens is 239 g/mol. The van der Waals surface area contributed by atoms with Gasteiger partial charge in [-0.15, -0.1) is 0 Å². The maximum atomic E-state index is 11.3. The Labute approximate surface area is 96.5 Å². The predicted molar refractivity (Wildman–Crippen MR) is 59.8 cm³/mol. The van der Waals surface area contributed by atoms with E-state index in [1.54, 1.807) is 13.1 Å². The molecule has 0 radical (unpaired) electrons. The fraction of sp³-hybridized carbons (Fsp3) is 0.222. The van der Waals surface area contributed by atoms with Gasteiger partial charge in [0.1, 0.15) is 5.02 Å². The third kappa shape index (κ3) is 1.50. The van der Waals surface area contributed by atoms with Crippen molar-refractivity contribution in [2.24, 2.45) is 0 Å². The quantitative estimate of drug-likeness (QED) is 0.712. The van der Waals surface area contributed by atoms with Gasteiger partial charge in [-0.05, 0) is 6.07 Å². The van der Waals surface area contributed by atoms with E-state index in [1.165, 1.54) is 4.90 Å².